The van der Waals surface area contributed by atoms with Crippen LogP contribution in [0.4, 0.5) is 14.5 Å². The molecule has 6 heteroatoms. The van der Waals surface area contributed by atoms with E-state index in [2.05, 4.69) is 5.32 Å². The van der Waals surface area contributed by atoms with E-state index in [4.69, 9.17) is 0 Å². The number of nitrogens with zero attached hydrogens (tertiary/aromatic N) is 1. The second kappa shape index (κ2) is 8.45. The zero-order valence-corrected chi connectivity index (χ0v) is 16.1. The van der Waals surface area contributed by atoms with Crippen LogP contribution in [-0.4, -0.2) is 18.4 Å². The largest absolute Gasteiger partial charge is 0.345 e. The Labute approximate surface area is 173 Å². The second-order valence-electron chi connectivity index (χ2n) is 7.26. The minimum Gasteiger partial charge on any atom is -0.345 e. The Morgan fingerprint density at radius 2 is 1.53 bits per heavy atom. The van der Waals surface area contributed by atoms with Crippen molar-refractivity contribution >= 4 is 17.5 Å². The molecule has 1 unspecified atom stereocenters. The maximum atomic E-state index is 14.1. The molecule has 1 aliphatic rings. The molecule has 30 heavy (non-hydrogen) atoms. The summed E-state index contributed by atoms with van der Waals surface area (Å²) in [6, 6.07) is 21.8. The first kappa shape index (κ1) is 19.8. The maximum absolute atomic E-state index is 14.1. The molecule has 0 aliphatic carbocycles. The van der Waals surface area contributed by atoms with Crippen molar-refractivity contribution in [3.63, 3.8) is 0 Å². The molecule has 3 aromatic rings. The average Bonchev–Trinajstić information content (AvgIpc) is 3.14. The molecule has 0 aromatic heterocycles. The van der Waals surface area contributed by atoms with E-state index in [9.17, 15) is 18.4 Å². The number of carbonyl (C=O) groups is 2. The highest BCUT2D eigenvalue weighted by Gasteiger charge is 2.37. The monoisotopic (exact) mass is 406 g/mol. The Bertz CT molecular complexity index is 1020. The maximum Gasteiger partial charge on any atom is 0.227 e. The van der Waals surface area contributed by atoms with E-state index >= 15 is 0 Å². The number of amides is 2. The summed E-state index contributed by atoms with van der Waals surface area (Å²) >= 11 is 0. The Morgan fingerprint density at radius 3 is 2.10 bits per heavy atom. The third kappa shape index (κ3) is 4.08. The van der Waals surface area contributed by atoms with E-state index in [1.807, 2.05) is 60.7 Å². The predicted molar refractivity (Wildman–Crippen MR) is 110 cm³/mol. The van der Waals surface area contributed by atoms with Gasteiger partial charge >= 0.3 is 0 Å². The van der Waals surface area contributed by atoms with Gasteiger partial charge in [-0.3, -0.25) is 9.59 Å². The van der Waals surface area contributed by atoms with E-state index in [0.29, 0.717) is 0 Å². The Balaban J connectivity index is 1.54. The number of rotatable bonds is 5. The molecule has 1 heterocycles. The van der Waals surface area contributed by atoms with Gasteiger partial charge in [0, 0.05) is 19.0 Å². The Morgan fingerprint density at radius 1 is 0.933 bits per heavy atom. The molecule has 1 saturated heterocycles. The third-order valence-electron chi connectivity index (χ3n) is 5.25. The minimum absolute atomic E-state index is 0.0145. The predicted octanol–water partition coefficient (Wildman–Crippen LogP) is 4.22. The molecule has 4 nitrogen and oxygen atoms in total. The summed E-state index contributed by atoms with van der Waals surface area (Å²) in [6.07, 6.45) is -0.0288. The SMILES string of the molecule is O=C(NC(c1ccccc1)c1ccccc1)C1CC(=O)N(c2ccc(F)cc2F)C1. The van der Waals surface area contributed by atoms with E-state index in [1.54, 1.807) is 0 Å². The van der Waals surface area contributed by atoms with Gasteiger partial charge in [0.1, 0.15) is 11.6 Å². The highest BCUT2D eigenvalue weighted by molar-refractivity contribution is 6.00. The van der Waals surface area contributed by atoms with Gasteiger partial charge in [0.15, 0.2) is 0 Å². The van der Waals surface area contributed by atoms with E-state index < -0.39 is 17.6 Å². The highest BCUT2D eigenvalue weighted by atomic mass is 19.1. The normalized spacial score (nSPS) is 16.2. The zero-order valence-electron chi connectivity index (χ0n) is 16.1. The quantitative estimate of drug-likeness (QED) is 0.690. The van der Waals surface area contributed by atoms with Crippen molar-refractivity contribution in [1.29, 1.82) is 0 Å². The molecule has 3 aromatic carbocycles. The minimum atomic E-state index is -0.823. The topological polar surface area (TPSA) is 49.4 Å². The lowest BCUT2D eigenvalue weighted by molar-refractivity contribution is -0.126. The first-order chi connectivity index (χ1) is 14.5. The van der Waals surface area contributed by atoms with Crippen molar-refractivity contribution in [2.24, 2.45) is 5.92 Å². The van der Waals surface area contributed by atoms with Crippen LogP contribution in [0.1, 0.15) is 23.6 Å². The lowest BCUT2D eigenvalue weighted by Gasteiger charge is -2.22. The van der Waals surface area contributed by atoms with Crippen molar-refractivity contribution in [2.45, 2.75) is 12.5 Å². The number of carbonyl (C=O) groups excluding carboxylic acids is 2. The molecule has 0 saturated carbocycles. The Kier molecular flexibility index (Phi) is 5.57. The first-order valence-corrected chi connectivity index (χ1v) is 9.68. The standard InChI is InChI=1S/C24H20F2N2O2/c25-19-11-12-21(20(26)14-19)28-15-18(13-22(28)29)24(30)27-23(16-7-3-1-4-8-16)17-9-5-2-6-10-17/h1-12,14,18,23H,13,15H2,(H,27,30). The fourth-order valence-corrected chi connectivity index (χ4v) is 3.73. The van der Waals surface area contributed by atoms with Gasteiger partial charge in [-0.1, -0.05) is 60.7 Å². The summed E-state index contributed by atoms with van der Waals surface area (Å²) in [5, 5.41) is 3.04. The smallest absolute Gasteiger partial charge is 0.227 e. The summed E-state index contributed by atoms with van der Waals surface area (Å²) in [5.74, 6) is -2.82. The van der Waals surface area contributed by atoms with E-state index in [-0.39, 0.29) is 36.5 Å². The van der Waals surface area contributed by atoms with Gasteiger partial charge in [-0.2, -0.15) is 0 Å². The average molecular weight is 406 g/mol. The molecule has 1 aliphatic heterocycles. The highest BCUT2D eigenvalue weighted by Crippen LogP contribution is 2.29. The molecule has 0 radical (unpaired) electrons. The summed E-state index contributed by atoms with van der Waals surface area (Å²) in [7, 11) is 0. The van der Waals surface area contributed by atoms with E-state index in [0.717, 1.165) is 23.3 Å². The van der Waals surface area contributed by atoms with Crippen LogP contribution in [-0.2, 0) is 9.59 Å². The van der Waals surface area contributed by atoms with Crippen molar-refractivity contribution in [1.82, 2.24) is 5.32 Å². The van der Waals surface area contributed by atoms with Crippen molar-refractivity contribution in [2.75, 3.05) is 11.4 Å². The third-order valence-corrected chi connectivity index (χ3v) is 5.25. The van der Waals surface area contributed by atoms with Crippen molar-refractivity contribution in [3.8, 4) is 0 Å². The summed E-state index contributed by atoms with van der Waals surface area (Å²) in [5.41, 5.74) is 1.82. The second-order valence-corrected chi connectivity index (χ2v) is 7.26. The van der Waals surface area contributed by atoms with Crippen LogP contribution in [0.3, 0.4) is 0 Å². The van der Waals surface area contributed by atoms with Gasteiger partial charge in [-0.25, -0.2) is 8.78 Å². The van der Waals surface area contributed by atoms with Gasteiger partial charge < -0.3 is 10.2 Å². The van der Waals surface area contributed by atoms with Crippen molar-refractivity contribution < 1.29 is 18.4 Å². The molecule has 0 bridgehead atoms. The molecule has 0 spiro atoms. The fourth-order valence-electron chi connectivity index (χ4n) is 3.73. The molecular weight excluding hydrogens is 386 g/mol. The van der Waals surface area contributed by atoms with Gasteiger partial charge in [-0.05, 0) is 23.3 Å². The molecule has 1 atom stereocenters. The molecule has 1 N–H and O–H groups in total. The number of hydrogen-bond acceptors (Lipinski definition) is 2. The van der Waals surface area contributed by atoms with Gasteiger partial charge in [-0.15, -0.1) is 0 Å². The number of anilines is 1. The number of nitrogens with one attached hydrogen (secondary N) is 1. The van der Waals surface area contributed by atoms with E-state index in [1.165, 1.54) is 11.0 Å². The lowest BCUT2D eigenvalue weighted by atomic mass is 9.97. The summed E-state index contributed by atoms with van der Waals surface area (Å²) in [4.78, 5) is 26.7. The van der Waals surface area contributed by atoms with Crippen LogP contribution in [0.5, 0.6) is 0 Å². The Hall–Kier alpha value is -3.54. The van der Waals surface area contributed by atoms with Gasteiger partial charge in [0.05, 0.1) is 17.6 Å². The number of benzene rings is 3. The van der Waals surface area contributed by atoms with Gasteiger partial charge in [0.2, 0.25) is 11.8 Å². The van der Waals surface area contributed by atoms with Crippen LogP contribution < -0.4 is 10.2 Å². The van der Waals surface area contributed by atoms with Crippen LogP contribution >= 0.6 is 0 Å². The summed E-state index contributed by atoms with van der Waals surface area (Å²) in [6.45, 7) is 0.0452. The number of hydrogen-bond donors (Lipinski definition) is 1. The lowest BCUT2D eigenvalue weighted by Crippen LogP contribution is -2.36. The van der Waals surface area contributed by atoms with Gasteiger partial charge in [0.25, 0.3) is 0 Å². The van der Waals surface area contributed by atoms with Crippen molar-refractivity contribution in [3.05, 3.63) is 102 Å². The van der Waals surface area contributed by atoms with Crippen LogP contribution in [0.25, 0.3) is 0 Å². The number of halogens is 2. The molecule has 1 fully saturated rings. The first-order valence-electron chi connectivity index (χ1n) is 9.68. The molecule has 152 valence electrons. The molecule has 4 rings (SSSR count). The van der Waals surface area contributed by atoms with Crippen LogP contribution in [0.2, 0.25) is 0 Å². The molecular formula is C24H20F2N2O2. The summed E-state index contributed by atoms with van der Waals surface area (Å²) < 4.78 is 27.3. The zero-order chi connectivity index (χ0) is 21.1. The van der Waals surface area contributed by atoms with Crippen LogP contribution in [0, 0.1) is 17.6 Å². The van der Waals surface area contributed by atoms with Crippen LogP contribution in [0.15, 0.2) is 78.9 Å². The fraction of sp³-hybridized carbons (Fsp3) is 0.167. The molecule has 2 amide bonds.